The molecule has 0 spiro atoms. The predicted molar refractivity (Wildman–Crippen MR) is 114 cm³/mol. The Morgan fingerprint density at radius 3 is 2.97 bits per heavy atom. The lowest BCUT2D eigenvalue weighted by molar-refractivity contribution is 0.0940. The third-order valence-electron chi connectivity index (χ3n) is 5.17. The number of rotatable bonds is 7. The van der Waals surface area contributed by atoms with E-state index in [4.69, 9.17) is 9.47 Å². The van der Waals surface area contributed by atoms with Crippen LogP contribution in [0.5, 0.6) is 5.75 Å². The van der Waals surface area contributed by atoms with Crippen molar-refractivity contribution in [3.8, 4) is 17.1 Å². The molecule has 0 saturated carbocycles. The molecule has 8 heteroatoms. The summed E-state index contributed by atoms with van der Waals surface area (Å²) in [5, 5.41) is 3.12. The van der Waals surface area contributed by atoms with Gasteiger partial charge in [-0.15, -0.1) is 0 Å². The van der Waals surface area contributed by atoms with Gasteiger partial charge in [0.1, 0.15) is 5.75 Å². The average molecular weight is 407 g/mol. The number of nitrogens with one attached hydrogen (secondary N) is 2. The van der Waals surface area contributed by atoms with Crippen molar-refractivity contribution in [3.63, 3.8) is 0 Å². The summed E-state index contributed by atoms with van der Waals surface area (Å²) in [4.78, 5) is 27.1. The molecule has 1 amide bonds. The van der Waals surface area contributed by atoms with Crippen molar-refractivity contribution >= 4 is 11.9 Å². The number of ether oxygens (including phenoxy) is 2. The summed E-state index contributed by atoms with van der Waals surface area (Å²) in [6, 6.07) is 11.2. The Labute approximate surface area is 175 Å². The first kappa shape index (κ1) is 19.9. The molecule has 1 fully saturated rings. The number of amides is 1. The zero-order valence-corrected chi connectivity index (χ0v) is 17.1. The van der Waals surface area contributed by atoms with Crippen LogP contribution in [0, 0.1) is 0 Å². The zero-order chi connectivity index (χ0) is 20.9. The number of methoxy groups -OCH3 is 2. The molecule has 3 heterocycles. The number of aromatic nitrogens is 3. The molecule has 3 aromatic rings. The first-order chi connectivity index (χ1) is 14.7. The van der Waals surface area contributed by atoms with E-state index in [1.54, 1.807) is 32.5 Å². The number of carbonyl (C=O) groups is 1. The number of hydrogen-bond acceptors (Lipinski definition) is 6. The van der Waals surface area contributed by atoms with Gasteiger partial charge in [-0.2, -0.15) is 0 Å². The third kappa shape index (κ3) is 4.28. The molecular weight excluding hydrogens is 382 g/mol. The fraction of sp³-hybridized carbons (Fsp3) is 0.318. The molecule has 1 aromatic carbocycles. The summed E-state index contributed by atoms with van der Waals surface area (Å²) in [7, 11) is 3.22. The van der Waals surface area contributed by atoms with E-state index in [-0.39, 0.29) is 11.9 Å². The monoisotopic (exact) mass is 407 g/mol. The van der Waals surface area contributed by atoms with Gasteiger partial charge in [-0.25, -0.2) is 9.97 Å². The topological polar surface area (TPSA) is 92.4 Å². The Morgan fingerprint density at radius 1 is 1.30 bits per heavy atom. The molecule has 30 heavy (non-hydrogen) atoms. The standard InChI is InChI=1S/C22H25N5O3/c1-29-14-16-12-15(5-6-20(16)30-2)21(28)25-17-8-11-27(13-17)22-24-10-7-19(26-22)18-4-3-9-23-18/h3-7,9-10,12,17,23H,8,11,13-14H2,1-2H3,(H,25,28). The first-order valence-corrected chi connectivity index (χ1v) is 9.86. The second-order valence-electron chi connectivity index (χ2n) is 7.19. The fourth-order valence-corrected chi connectivity index (χ4v) is 3.66. The summed E-state index contributed by atoms with van der Waals surface area (Å²) in [6.45, 7) is 1.84. The van der Waals surface area contributed by atoms with Crippen LogP contribution in [0.15, 0.2) is 48.8 Å². The van der Waals surface area contributed by atoms with Crippen molar-refractivity contribution in [1.29, 1.82) is 0 Å². The van der Waals surface area contributed by atoms with Gasteiger partial charge in [0.05, 0.1) is 25.1 Å². The molecule has 156 valence electrons. The molecule has 4 rings (SSSR count). The van der Waals surface area contributed by atoms with Crippen molar-refractivity contribution in [2.45, 2.75) is 19.1 Å². The summed E-state index contributed by atoms with van der Waals surface area (Å²) < 4.78 is 10.5. The predicted octanol–water partition coefficient (Wildman–Crippen LogP) is 2.64. The highest BCUT2D eigenvalue weighted by Crippen LogP contribution is 2.22. The van der Waals surface area contributed by atoms with E-state index in [1.165, 1.54) is 0 Å². The number of aromatic amines is 1. The van der Waals surface area contributed by atoms with Crippen LogP contribution >= 0.6 is 0 Å². The molecule has 1 aliphatic heterocycles. The summed E-state index contributed by atoms with van der Waals surface area (Å²) in [6.07, 6.45) is 4.47. The Bertz CT molecular complexity index is 1010. The molecule has 1 unspecified atom stereocenters. The number of hydrogen-bond donors (Lipinski definition) is 2. The molecular formula is C22H25N5O3. The molecule has 0 aliphatic carbocycles. The molecule has 2 aromatic heterocycles. The van der Waals surface area contributed by atoms with Gasteiger partial charge in [0.25, 0.3) is 5.91 Å². The molecule has 0 radical (unpaired) electrons. The minimum absolute atomic E-state index is 0.0308. The van der Waals surface area contributed by atoms with Crippen LogP contribution in [0.25, 0.3) is 11.4 Å². The second-order valence-corrected chi connectivity index (χ2v) is 7.19. The highest BCUT2D eigenvalue weighted by atomic mass is 16.5. The van der Waals surface area contributed by atoms with Crippen LogP contribution in [-0.4, -0.2) is 54.2 Å². The van der Waals surface area contributed by atoms with Crippen LogP contribution in [0.2, 0.25) is 0 Å². The lowest BCUT2D eigenvalue weighted by atomic mass is 10.1. The van der Waals surface area contributed by atoms with E-state index >= 15 is 0 Å². The van der Waals surface area contributed by atoms with Gasteiger partial charge in [-0.3, -0.25) is 4.79 Å². The lowest BCUT2D eigenvalue weighted by Crippen LogP contribution is -2.37. The number of anilines is 1. The average Bonchev–Trinajstić information content (AvgIpc) is 3.46. The van der Waals surface area contributed by atoms with Crippen LogP contribution < -0.4 is 15.0 Å². The molecule has 1 saturated heterocycles. The van der Waals surface area contributed by atoms with Gasteiger partial charge in [-0.1, -0.05) is 0 Å². The van der Waals surface area contributed by atoms with Crippen LogP contribution in [-0.2, 0) is 11.3 Å². The van der Waals surface area contributed by atoms with Crippen molar-refractivity contribution in [2.75, 3.05) is 32.2 Å². The number of benzene rings is 1. The Kier molecular flexibility index (Phi) is 5.94. The maximum absolute atomic E-state index is 12.8. The fourth-order valence-electron chi connectivity index (χ4n) is 3.66. The Hall–Kier alpha value is -3.39. The third-order valence-corrected chi connectivity index (χ3v) is 5.17. The SMILES string of the molecule is COCc1cc(C(=O)NC2CCN(c3nccc(-c4ccc[nH]4)n3)C2)ccc1OC. The zero-order valence-electron chi connectivity index (χ0n) is 17.1. The molecule has 2 N–H and O–H groups in total. The van der Waals surface area contributed by atoms with Gasteiger partial charge in [0.15, 0.2) is 0 Å². The quantitative estimate of drug-likeness (QED) is 0.626. The van der Waals surface area contributed by atoms with Gasteiger partial charge in [0.2, 0.25) is 5.95 Å². The van der Waals surface area contributed by atoms with Gasteiger partial charge < -0.3 is 24.7 Å². The van der Waals surface area contributed by atoms with Crippen molar-refractivity contribution in [1.82, 2.24) is 20.3 Å². The lowest BCUT2D eigenvalue weighted by Gasteiger charge is -2.17. The largest absolute Gasteiger partial charge is 0.496 e. The molecule has 8 nitrogen and oxygen atoms in total. The highest BCUT2D eigenvalue weighted by Gasteiger charge is 2.26. The van der Waals surface area contributed by atoms with Crippen LogP contribution in [0.1, 0.15) is 22.3 Å². The first-order valence-electron chi connectivity index (χ1n) is 9.86. The van der Waals surface area contributed by atoms with Crippen LogP contribution in [0.4, 0.5) is 5.95 Å². The van der Waals surface area contributed by atoms with Gasteiger partial charge in [-0.05, 0) is 42.8 Å². The minimum Gasteiger partial charge on any atom is -0.496 e. The summed E-state index contributed by atoms with van der Waals surface area (Å²) in [5.41, 5.74) is 3.23. The molecule has 1 atom stereocenters. The van der Waals surface area contributed by atoms with E-state index < -0.39 is 0 Å². The molecule has 1 aliphatic rings. The Morgan fingerprint density at radius 2 is 2.20 bits per heavy atom. The van der Waals surface area contributed by atoms with E-state index in [0.717, 1.165) is 29.9 Å². The van der Waals surface area contributed by atoms with Crippen LogP contribution in [0.3, 0.4) is 0 Å². The smallest absolute Gasteiger partial charge is 0.251 e. The van der Waals surface area contributed by atoms with Gasteiger partial charge in [0, 0.05) is 49.8 Å². The van der Waals surface area contributed by atoms with E-state index in [0.29, 0.717) is 30.4 Å². The summed E-state index contributed by atoms with van der Waals surface area (Å²) >= 11 is 0. The maximum Gasteiger partial charge on any atom is 0.251 e. The van der Waals surface area contributed by atoms with E-state index in [1.807, 2.05) is 30.5 Å². The number of nitrogens with zero attached hydrogens (tertiary/aromatic N) is 3. The van der Waals surface area contributed by atoms with Crippen molar-refractivity contribution in [3.05, 3.63) is 59.9 Å². The van der Waals surface area contributed by atoms with E-state index in [9.17, 15) is 4.79 Å². The van der Waals surface area contributed by atoms with Gasteiger partial charge >= 0.3 is 0 Å². The minimum atomic E-state index is -0.108. The normalized spacial score (nSPS) is 15.9. The highest BCUT2D eigenvalue weighted by molar-refractivity contribution is 5.94. The maximum atomic E-state index is 12.8. The van der Waals surface area contributed by atoms with E-state index in [2.05, 4.69) is 25.2 Å². The Balaban J connectivity index is 1.41. The number of carbonyl (C=O) groups excluding carboxylic acids is 1. The number of H-pyrrole nitrogens is 1. The second kappa shape index (κ2) is 8.96. The van der Waals surface area contributed by atoms with Crippen molar-refractivity contribution in [2.24, 2.45) is 0 Å². The summed E-state index contributed by atoms with van der Waals surface area (Å²) in [5.74, 6) is 1.27. The molecule has 0 bridgehead atoms. The van der Waals surface area contributed by atoms with Crippen molar-refractivity contribution < 1.29 is 14.3 Å².